The molecule has 0 spiro atoms. The molecule has 1 aliphatic heterocycles. The minimum Gasteiger partial charge on any atom is -0.381 e. The van der Waals surface area contributed by atoms with E-state index < -0.39 is 5.79 Å². The maximum absolute atomic E-state index is 5.34. The third-order valence-corrected chi connectivity index (χ3v) is 2.40. The van der Waals surface area contributed by atoms with Crippen LogP contribution in [0.25, 0.3) is 0 Å². The van der Waals surface area contributed by atoms with Crippen LogP contribution in [0.5, 0.6) is 0 Å². The Balaban J connectivity index is 2.61. The van der Waals surface area contributed by atoms with Crippen molar-refractivity contribution in [3.63, 3.8) is 0 Å². The molecule has 3 heteroatoms. The largest absolute Gasteiger partial charge is 0.381 e. The van der Waals surface area contributed by atoms with Crippen molar-refractivity contribution in [1.82, 2.24) is 0 Å². The van der Waals surface area contributed by atoms with Gasteiger partial charge < -0.3 is 14.2 Å². The molecule has 3 nitrogen and oxygen atoms in total. The predicted molar refractivity (Wildman–Crippen MR) is 41.3 cm³/mol. The lowest BCUT2D eigenvalue weighted by Crippen LogP contribution is -2.47. The molecule has 0 aromatic carbocycles. The van der Waals surface area contributed by atoms with Gasteiger partial charge in [0.25, 0.3) is 0 Å². The molecule has 1 fully saturated rings. The second-order valence-electron chi connectivity index (χ2n) is 2.95. The maximum atomic E-state index is 5.34. The monoisotopic (exact) mass is 160 g/mol. The van der Waals surface area contributed by atoms with E-state index in [-0.39, 0.29) is 0 Å². The summed E-state index contributed by atoms with van der Waals surface area (Å²) in [7, 11) is 3.37. The zero-order chi connectivity index (χ0) is 8.32. The highest BCUT2D eigenvalue weighted by Crippen LogP contribution is 2.29. The summed E-state index contributed by atoms with van der Waals surface area (Å²) in [4.78, 5) is 0. The van der Waals surface area contributed by atoms with Crippen LogP contribution in [0.3, 0.4) is 0 Å². The normalized spacial score (nSPS) is 30.3. The molecule has 11 heavy (non-hydrogen) atoms. The smallest absolute Gasteiger partial charge is 0.174 e. The molecule has 1 heterocycles. The standard InChI is InChI=1S/C8H16O3/c1-7-6-11-5-4-8(7,9-2)10-3/h7H,4-6H2,1-3H3. The van der Waals surface area contributed by atoms with Gasteiger partial charge in [0.1, 0.15) is 0 Å². The number of hydrogen-bond acceptors (Lipinski definition) is 3. The SMILES string of the molecule is COC1(OC)CCOCC1C. The van der Waals surface area contributed by atoms with E-state index in [9.17, 15) is 0 Å². The second kappa shape index (κ2) is 3.52. The summed E-state index contributed by atoms with van der Waals surface area (Å²) in [6.07, 6.45) is 0.821. The highest BCUT2D eigenvalue weighted by atomic mass is 16.7. The molecule has 66 valence electrons. The molecule has 0 radical (unpaired) electrons. The molecule has 1 aliphatic rings. The zero-order valence-corrected chi connectivity index (χ0v) is 7.42. The molecule has 1 unspecified atom stereocenters. The van der Waals surface area contributed by atoms with Gasteiger partial charge in [0.2, 0.25) is 0 Å². The molecular weight excluding hydrogens is 144 g/mol. The van der Waals surface area contributed by atoms with Crippen molar-refractivity contribution in [2.45, 2.75) is 19.1 Å². The fourth-order valence-electron chi connectivity index (χ4n) is 1.54. The summed E-state index contributed by atoms with van der Waals surface area (Å²) >= 11 is 0. The van der Waals surface area contributed by atoms with E-state index in [1.807, 2.05) is 0 Å². The summed E-state index contributed by atoms with van der Waals surface area (Å²) in [5, 5.41) is 0. The Morgan fingerprint density at radius 3 is 2.36 bits per heavy atom. The van der Waals surface area contributed by atoms with E-state index in [0.29, 0.717) is 5.92 Å². The van der Waals surface area contributed by atoms with Gasteiger partial charge in [-0.2, -0.15) is 0 Å². The first-order chi connectivity index (χ1) is 5.25. The Hall–Kier alpha value is -0.120. The maximum Gasteiger partial charge on any atom is 0.174 e. The first-order valence-electron chi connectivity index (χ1n) is 3.93. The van der Waals surface area contributed by atoms with Crippen LogP contribution in [0, 0.1) is 5.92 Å². The van der Waals surface area contributed by atoms with Gasteiger partial charge in [-0.15, -0.1) is 0 Å². The lowest BCUT2D eigenvalue weighted by molar-refractivity contribution is -0.271. The summed E-state index contributed by atoms with van der Waals surface area (Å²) in [6.45, 7) is 3.53. The van der Waals surface area contributed by atoms with Crippen LogP contribution in [0.4, 0.5) is 0 Å². The Morgan fingerprint density at radius 1 is 1.36 bits per heavy atom. The van der Waals surface area contributed by atoms with Crippen LogP contribution in [0.1, 0.15) is 13.3 Å². The van der Waals surface area contributed by atoms with E-state index in [1.165, 1.54) is 0 Å². The molecular formula is C8H16O3. The van der Waals surface area contributed by atoms with E-state index in [1.54, 1.807) is 14.2 Å². The minimum absolute atomic E-state index is 0.311. The van der Waals surface area contributed by atoms with E-state index >= 15 is 0 Å². The topological polar surface area (TPSA) is 27.7 Å². The van der Waals surface area contributed by atoms with Gasteiger partial charge in [0.15, 0.2) is 5.79 Å². The zero-order valence-electron chi connectivity index (χ0n) is 7.42. The van der Waals surface area contributed by atoms with Crippen molar-refractivity contribution in [2.24, 2.45) is 5.92 Å². The summed E-state index contributed by atoms with van der Waals surface area (Å²) < 4.78 is 16.0. The molecule has 0 saturated carbocycles. The van der Waals surface area contributed by atoms with Crippen LogP contribution in [0.2, 0.25) is 0 Å². The Kier molecular flexibility index (Phi) is 2.87. The number of ether oxygens (including phenoxy) is 3. The van der Waals surface area contributed by atoms with Gasteiger partial charge in [-0.05, 0) is 0 Å². The molecule has 0 amide bonds. The fourth-order valence-corrected chi connectivity index (χ4v) is 1.54. The van der Waals surface area contributed by atoms with Crippen molar-refractivity contribution in [1.29, 1.82) is 0 Å². The van der Waals surface area contributed by atoms with Gasteiger partial charge in [0.05, 0.1) is 13.2 Å². The highest BCUT2D eigenvalue weighted by Gasteiger charge is 2.38. The minimum atomic E-state index is -0.405. The average Bonchev–Trinajstić information content (AvgIpc) is 2.06. The van der Waals surface area contributed by atoms with E-state index in [4.69, 9.17) is 14.2 Å². The third-order valence-electron chi connectivity index (χ3n) is 2.40. The van der Waals surface area contributed by atoms with Gasteiger partial charge in [-0.3, -0.25) is 0 Å². The molecule has 1 saturated heterocycles. The van der Waals surface area contributed by atoms with Crippen molar-refractivity contribution >= 4 is 0 Å². The van der Waals surface area contributed by atoms with E-state index in [0.717, 1.165) is 19.6 Å². The van der Waals surface area contributed by atoms with Gasteiger partial charge in [-0.1, -0.05) is 6.92 Å². The molecule has 0 bridgehead atoms. The third kappa shape index (κ3) is 1.55. The highest BCUT2D eigenvalue weighted by molar-refractivity contribution is 4.79. The molecule has 1 atom stereocenters. The quantitative estimate of drug-likeness (QED) is 0.565. The van der Waals surface area contributed by atoms with Crippen molar-refractivity contribution < 1.29 is 14.2 Å². The molecule has 0 aromatic heterocycles. The van der Waals surface area contributed by atoms with Crippen LogP contribution in [0.15, 0.2) is 0 Å². The first-order valence-corrected chi connectivity index (χ1v) is 3.93. The number of methoxy groups -OCH3 is 2. The summed E-state index contributed by atoms with van der Waals surface area (Å²) in [5.41, 5.74) is 0. The van der Waals surface area contributed by atoms with Gasteiger partial charge >= 0.3 is 0 Å². The molecule has 1 rings (SSSR count). The summed E-state index contributed by atoms with van der Waals surface area (Å²) in [6, 6.07) is 0. The van der Waals surface area contributed by atoms with Crippen molar-refractivity contribution in [3.05, 3.63) is 0 Å². The van der Waals surface area contributed by atoms with Crippen LogP contribution in [-0.4, -0.2) is 33.2 Å². The molecule has 0 aromatic rings. The Bertz CT molecular complexity index is 121. The van der Waals surface area contributed by atoms with Gasteiger partial charge in [-0.25, -0.2) is 0 Å². The Labute approximate surface area is 67.6 Å². The lowest BCUT2D eigenvalue weighted by atomic mass is 9.96. The van der Waals surface area contributed by atoms with Gasteiger partial charge in [0, 0.05) is 26.6 Å². The predicted octanol–water partition coefficient (Wildman–Crippen LogP) is 1.03. The average molecular weight is 160 g/mol. The van der Waals surface area contributed by atoms with Crippen LogP contribution < -0.4 is 0 Å². The first kappa shape index (κ1) is 8.97. The van der Waals surface area contributed by atoms with Crippen molar-refractivity contribution in [2.75, 3.05) is 27.4 Å². The molecule has 0 aliphatic carbocycles. The number of rotatable bonds is 2. The second-order valence-corrected chi connectivity index (χ2v) is 2.95. The van der Waals surface area contributed by atoms with E-state index in [2.05, 4.69) is 6.92 Å². The van der Waals surface area contributed by atoms with Crippen LogP contribution >= 0.6 is 0 Å². The summed E-state index contributed by atoms with van der Waals surface area (Å²) in [5.74, 6) is -0.0932. The molecule has 0 N–H and O–H groups in total. The van der Waals surface area contributed by atoms with Crippen molar-refractivity contribution in [3.8, 4) is 0 Å². The van der Waals surface area contributed by atoms with Crippen LogP contribution in [-0.2, 0) is 14.2 Å². The Morgan fingerprint density at radius 2 is 2.00 bits per heavy atom. The number of hydrogen-bond donors (Lipinski definition) is 0. The fraction of sp³-hybridized carbons (Fsp3) is 1.00. The lowest BCUT2D eigenvalue weighted by Gasteiger charge is -2.39.